The molecule has 2 nitrogen and oxygen atoms in total. The lowest BCUT2D eigenvalue weighted by molar-refractivity contribution is -0.291. The maximum absolute atomic E-state index is 14.3. The highest BCUT2D eigenvalue weighted by molar-refractivity contribution is 5.76. The molecule has 154 valence electrons. The molecule has 26 heavy (non-hydrogen) atoms. The van der Waals surface area contributed by atoms with Crippen molar-refractivity contribution in [1.29, 1.82) is 0 Å². The lowest BCUT2D eigenvalue weighted by Crippen LogP contribution is -2.55. The van der Waals surface area contributed by atoms with E-state index in [-0.39, 0.29) is 12.3 Å². The first-order chi connectivity index (χ1) is 11.4. The molecule has 3 unspecified atom stereocenters. The standard InChI is InChI=1S/C16H22F8O2/c1-8(2)6-12(5,9(3)4)11(25)26-7-13(18)10(17)14(19,20)16(23,24)15(13,21)22/h8-10H,6-7H2,1-5H3. The number of alkyl halides is 8. The van der Waals surface area contributed by atoms with Crippen molar-refractivity contribution in [2.45, 2.75) is 70.6 Å². The van der Waals surface area contributed by atoms with E-state index in [0.29, 0.717) is 0 Å². The normalized spacial score (nSPS) is 31.9. The number of carbonyl (C=O) groups excluding carboxylic acids is 1. The molecule has 0 heterocycles. The summed E-state index contributed by atoms with van der Waals surface area (Å²) in [5, 5.41) is 0. The van der Waals surface area contributed by atoms with Gasteiger partial charge in [0.2, 0.25) is 6.17 Å². The third-order valence-electron chi connectivity index (χ3n) is 5.04. The van der Waals surface area contributed by atoms with Gasteiger partial charge in [0.15, 0.2) is 0 Å². The lowest BCUT2D eigenvalue weighted by atomic mass is 9.73. The van der Waals surface area contributed by atoms with E-state index in [4.69, 9.17) is 0 Å². The fourth-order valence-corrected chi connectivity index (χ4v) is 2.98. The summed E-state index contributed by atoms with van der Waals surface area (Å²) in [4.78, 5) is 12.3. The Balaban J connectivity index is 3.13. The topological polar surface area (TPSA) is 26.3 Å². The van der Waals surface area contributed by atoms with E-state index >= 15 is 0 Å². The first kappa shape index (κ1) is 23.0. The maximum atomic E-state index is 14.3. The first-order valence-electron chi connectivity index (χ1n) is 8.03. The maximum Gasteiger partial charge on any atom is 0.378 e. The summed E-state index contributed by atoms with van der Waals surface area (Å²) in [6.07, 6.45) is -4.37. The molecule has 3 atom stereocenters. The molecule has 0 bridgehead atoms. The Hall–Kier alpha value is -1.09. The van der Waals surface area contributed by atoms with Gasteiger partial charge in [-0.2, -0.15) is 26.3 Å². The number of ether oxygens (including phenoxy) is 1. The van der Waals surface area contributed by atoms with Crippen LogP contribution in [0.15, 0.2) is 0 Å². The van der Waals surface area contributed by atoms with Crippen LogP contribution < -0.4 is 0 Å². The SMILES string of the molecule is CC(C)CC(C)(C(=O)OCC1(F)C(F)C(F)(F)C(F)(F)C1(F)F)C(C)C. The molecule has 0 saturated heterocycles. The van der Waals surface area contributed by atoms with Crippen LogP contribution in [0.5, 0.6) is 0 Å². The van der Waals surface area contributed by atoms with E-state index in [1.165, 1.54) is 6.92 Å². The minimum absolute atomic E-state index is 0.0789. The number of carbonyl (C=O) groups is 1. The van der Waals surface area contributed by atoms with Crippen molar-refractivity contribution in [2.24, 2.45) is 17.3 Å². The van der Waals surface area contributed by atoms with E-state index in [1.807, 2.05) is 0 Å². The highest BCUT2D eigenvalue weighted by Gasteiger charge is 2.93. The smallest absolute Gasteiger partial charge is 0.378 e. The first-order valence-corrected chi connectivity index (χ1v) is 8.03. The van der Waals surface area contributed by atoms with E-state index in [9.17, 15) is 39.9 Å². The number of esters is 1. The molecule has 0 radical (unpaired) electrons. The Morgan fingerprint density at radius 1 is 1.00 bits per heavy atom. The average Bonchev–Trinajstić information content (AvgIpc) is 2.55. The van der Waals surface area contributed by atoms with Crippen molar-refractivity contribution in [3.8, 4) is 0 Å². The molecule has 1 fully saturated rings. The molecule has 0 amide bonds. The Labute approximate surface area is 146 Å². The Kier molecular flexibility index (Phi) is 5.75. The fraction of sp³-hybridized carbons (Fsp3) is 0.938. The van der Waals surface area contributed by atoms with Gasteiger partial charge in [-0.15, -0.1) is 0 Å². The van der Waals surface area contributed by atoms with E-state index in [0.717, 1.165) is 0 Å². The predicted octanol–water partition coefficient (Wildman–Crippen LogP) is 5.20. The van der Waals surface area contributed by atoms with Crippen molar-refractivity contribution in [3.05, 3.63) is 0 Å². The number of rotatable bonds is 6. The molecule has 0 spiro atoms. The highest BCUT2D eigenvalue weighted by atomic mass is 19.4. The van der Waals surface area contributed by atoms with Gasteiger partial charge in [-0.1, -0.05) is 27.7 Å². The van der Waals surface area contributed by atoms with Gasteiger partial charge in [-0.05, 0) is 25.2 Å². The minimum atomic E-state index is -6.26. The molecule has 0 aromatic carbocycles. The van der Waals surface area contributed by atoms with Gasteiger partial charge in [0.25, 0.3) is 5.67 Å². The molecule has 1 aliphatic carbocycles. The molecule has 1 aliphatic rings. The Morgan fingerprint density at radius 3 is 1.77 bits per heavy atom. The molecule has 0 aromatic heterocycles. The van der Waals surface area contributed by atoms with Crippen molar-refractivity contribution in [2.75, 3.05) is 6.61 Å². The molecule has 1 rings (SSSR count). The highest BCUT2D eigenvalue weighted by Crippen LogP contribution is 2.63. The van der Waals surface area contributed by atoms with Gasteiger partial charge in [0.1, 0.15) is 6.61 Å². The van der Waals surface area contributed by atoms with Crippen LogP contribution in [-0.4, -0.2) is 42.2 Å². The summed E-state index contributed by atoms with van der Waals surface area (Å²) in [5.74, 6) is -20.0. The number of hydrogen-bond acceptors (Lipinski definition) is 2. The van der Waals surface area contributed by atoms with Gasteiger partial charge in [-0.3, -0.25) is 4.79 Å². The van der Waals surface area contributed by atoms with E-state index in [2.05, 4.69) is 4.74 Å². The summed E-state index contributed by atoms with van der Waals surface area (Å²) in [5.41, 5.74) is -6.37. The number of hydrogen-bond donors (Lipinski definition) is 0. The largest absolute Gasteiger partial charge is 0.461 e. The summed E-state index contributed by atoms with van der Waals surface area (Å²) >= 11 is 0. The zero-order valence-corrected chi connectivity index (χ0v) is 15.0. The molecular weight excluding hydrogens is 376 g/mol. The number of halogens is 8. The van der Waals surface area contributed by atoms with Crippen LogP contribution in [0.1, 0.15) is 41.0 Å². The van der Waals surface area contributed by atoms with Gasteiger partial charge >= 0.3 is 23.7 Å². The van der Waals surface area contributed by atoms with Crippen molar-refractivity contribution < 1.29 is 44.7 Å². The van der Waals surface area contributed by atoms with Crippen LogP contribution in [-0.2, 0) is 9.53 Å². The monoisotopic (exact) mass is 398 g/mol. The predicted molar refractivity (Wildman–Crippen MR) is 76.9 cm³/mol. The van der Waals surface area contributed by atoms with Crippen LogP contribution in [0.2, 0.25) is 0 Å². The summed E-state index contributed by atoms with van der Waals surface area (Å²) in [6.45, 7) is 5.76. The second-order valence-corrected chi connectivity index (χ2v) is 7.74. The third-order valence-corrected chi connectivity index (χ3v) is 5.04. The van der Waals surface area contributed by atoms with Gasteiger partial charge in [0, 0.05) is 0 Å². The second kappa shape index (κ2) is 6.51. The van der Waals surface area contributed by atoms with E-state index < -0.39 is 53.5 Å². The fourth-order valence-electron chi connectivity index (χ4n) is 2.98. The molecule has 0 aliphatic heterocycles. The minimum Gasteiger partial charge on any atom is -0.461 e. The summed E-state index contributed by atoms with van der Waals surface area (Å²) in [6, 6.07) is 0. The lowest BCUT2D eigenvalue weighted by Gasteiger charge is -2.35. The van der Waals surface area contributed by atoms with Crippen LogP contribution in [0.4, 0.5) is 35.1 Å². The van der Waals surface area contributed by atoms with Gasteiger partial charge in [0.05, 0.1) is 5.41 Å². The van der Waals surface area contributed by atoms with Crippen molar-refractivity contribution in [3.63, 3.8) is 0 Å². The molecule has 0 aromatic rings. The second-order valence-electron chi connectivity index (χ2n) is 7.74. The Morgan fingerprint density at radius 2 is 1.46 bits per heavy atom. The molecular formula is C16H22F8O2. The van der Waals surface area contributed by atoms with Gasteiger partial charge in [-0.25, -0.2) is 8.78 Å². The molecule has 1 saturated carbocycles. The quantitative estimate of drug-likeness (QED) is 0.454. The average molecular weight is 398 g/mol. The van der Waals surface area contributed by atoms with Gasteiger partial charge < -0.3 is 4.74 Å². The van der Waals surface area contributed by atoms with Crippen LogP contribution in [0, 0.1) is 17.3 Å². The van der Waals surface area contributed by atoms with E-state index in [1.54, 1.807) is 27.7 Å². The van der Waals surface area contributed by atoms with Crippen LogP contribution >= 0.6 is 0 Å². The van der Waals surface area contributed by atoms with Crippen LogP contribution in [0.25, 0.3) is 0 Å². The summed E-state index contributed by atoms with van der Waals surface area (Å²) in [7, 11) is 0. The summed E-state index contributed by atoms with van der Waals surface area (Å²) < 4.78 is 112. The van der Waals surface area contributed by atoms with Crippen molar-refractivity contribution in [1.82, 2.24) is 0 Å². The molecule has 0 N–H and O–H groups in total. The zero-order chi connectivity index (χ0) is 20.9. The van der Waals surface area contributed by atoms with Crippen molar-refractivity contribution >= 4 is 5.97 Å². The third kappa shape index (κ3) is 2.96. The zero-order valence-electron chi connectivity index (χ0n) is 15.0. The Bertz CT molecular complexity index is 548. The van der Waals surface area contributed by atoms with Crippen LogP contribution in [0.3, 0.4) is 0 Å². The molecule has 10 heteroatoms.